The molecule has 142 valence electrons. The van der Waals surface area contributed by atoms with Gasteiger partial charge < -0.3 is 19.1 Å². The zero-order valence-corrected chi connectivity index (χ0v) is 15.6. The molecular weight excluding hydrogens is 346 g/mol. The van der Waals surface area contributed by atoms with Crippen LogP contribution in [0.5, 0.6) is 11.5 Å². The van der Waals surface area contributed by atoms with Gasteiger partial charge in [0.05, 0.1) is 13.0 Å². The van der Waals surface area contributed by atoms with E-state index in [-0.39, 0.29) is 31.6 Å². The van der Waals surface area contributed by atoms with Gasteiger partial charge in [-0.3, -0.25) is 9.59 Å². The van der Waals surface area contributed by atoms with E-state index in [1.807, 2.05) is 43.3 Å². The van der Waals surface area contributed by atoms with Crippen molar-refractivity contribution < 1.29 is 23.8 Å². The van der Waals surface area contributed by atoms with Crippen molar-refractivity contribution in [2.75, 3.05) is 19.9 Å². The highest BCUT2D eigenvalue weighted by Gasteiger charge is 2.20. The number of fused-ring (bicyclic) bond motifs is 1. The fourth-order valence-corrected chi connectivity index (χ4v) is 2.93. The van der Waals surface area contributed by atoms with E-state index in [9.17, 15) is 9.59 Å². The smallest absolute Gasteiger partial charge is 0.307 e. The lowest BCUT2D eigenvalue weighted by Gasteiger charge is -2.23. The average Bonchev–Trinajstić information content (AvgIpc) is 3.12. The number of rotatable bonds is 7. The Balaban J connectivity index is 1.78. The molecule has 1 amide bonds. The Morgan fingerprint density at radius 1 is 1.11 bits per heavy atom. The largest absolute Gasteiger partial charge is 0.466 e. The molecule has 0 N–H and O–H groups in total. The summed E-state index contributed by atoms with van der Waals surface area (Å²) in [5.41, 5.74) is 2.51. The number of aryl methyl sites for hydroxylation is 1. The van der Waals surface area contributed by atoms with E-state index < -0.39 is 0 Å². The minimum absolute atomic E-state index is 0.124. The number of hydrogen-bond donors (Lipinski definition) is 0. The monoisotopic (exact) mass is 369 g/mol. The zero-order chi connectivity index (χ0) is 19.2. The molecule has 0 saturated heterocycles. The summed E-state index contributed by atoms with van der Waals surface area (Å²) < 4.78 is 15.7. The summed E-state index contributed by atoms with van der Waals surface area (Å²) in [5.74, 6) is 0.925. The van der Waals surface area contributed by atoms with E-state index in [1.54, 1.807) is 17.9 Å². The second-order valence-electron chi connectivity index (χ2n) is 6.34. The average molecular weight is 369 g/mol. The van der Waals surface area contributed by atoms with E-state index in [4.69, 9.17) is 14.2 Å². The lowest BCUT2D eigenvalue weighted by atomic mass is 10.1. The van der Waals surface area contributed by atoms with Gasteiger partial charge in [0, 0.05) is 18.7 Å². The lowest BCUT2D eigenvalue weighted by molar-refractivity contribution is -0.143. The van der Waals surface area contributed by atoms with Gasteiger partial charge in [-0.1, -0.05) is 23.8 Å². The summed E-state index contributed by atoms with van der Waals surface area (Å²) in [6.45, 7) is 4.88. The third-order valence-corrected chi connectivity index (χ3v) is 4.25. The maximum Gasteiger partial charge on any atom is 0.307 e. The highest BCUT2D eigenvalue weighted by molar-refractivity contribution is 5.94. The first kappa shape index (κ1) is 18.8. The van der Waals surface area contributed by atoms with E-state index in [0.29, 0.717) is 30.2 Å². The Hall–Kier alpha value is -3.02. The summed E-state index contributed by atoms with van der Waals surface area (Å²) >= 11 is 0. The number of nitrogens with zero attached hydrogens (tertiary/aromatic N) is 1. The van der Waals surface area contributed by atoms with Crippen LogP contribution in [0.4, 0.5) is 0 Å². The first-order valence-electron chi connectivity index (χ1n) is 8.97. The third-order valence-electron chi connectivity index (χ3n) is 4.25. The molecule has 0 saturated carbocycles. The minimum atomic E-state index is -0.315. The minimum Gasteiger partial charge on any atom is -0.466 e. The Kier molecular flexibility index (Phi) is 5.96. The standard InChI is InChI=1S/C21H23NO5/c1-3-25-20(23)9-10-22(21(24)17-6-4-5-15(2)11-17)13-16-7-8-18-19(12-16)27-14-26-18/h4-8,11-12H,3,9-10,13-14H2,1-2H3. The number of amides is 1. The highest BCUT2D eigenvalue weighted by Crippen LogP contribution is 2.33. The van der Waals surface area contributed by atoms with E-state index in [2.05, 4.69) is 0 Å². The second-order valence-corrected chi connectivity index (χ2v) is 6.34. The number of hydrogen-bond acceptors (Lipinski definition) is 5. The number of esters is 1. The Morgan fingerprint density at radius 2 is 1.93 bits per heavy atom. The number of carbonyl (C=O) groups is 2. The van der Waals surface area contributed by atoms with Crippen molar-refractivity contribution in [3.63, 3.8) is 0 Å². The third kappa shape index (κ3) is 4.78. The van der Waals surface area contributed by atoms with E-state index >= 15 is 0 Å². The molecule has 1 aliphatic rings. The number of benzene rings is 2. The molecule has 0 atom stereocenters. The first-order chi connectivity index (χ1) is 13.1. The van der Waals surface area contributed by atoms with Gasteiger partial charge in [0.1, 0.15) is 0 Å². The van der Waals surface area contributed by atoms with Crippen LogP contribution in [0.1, 0.15) is 34.8 Å². The fourth-order valence-electron chi connectivity index (χ4n) is 2.93. The van der Waals surface area contributed by atoms with Gasteiger partial charge in [0.2, 0.25) is 6.79 Å². The quantitative estimate of drug-likeness (QED) is 0.701. The Labute approximate surface area is 158 Å². The van der Waals surface area contributed by atoms with Crippen molar-refractivity contribution in [1.82, 2.24) is 4.90 Å². The summed E-state index contributed by atoms with van der Waals surface area (Å²) in [7, 11) is 0. The maximum absolute atomic E-state index is 13.0. The summed E-state index contributed by atoms with van der Waals surface area (Å²) in [6.07, 6.45) is 0.149. The molecule has 27 heavy (non-hydrogen) atoms. The molecule has 0 unspecified atom stereocenters. The topological polar surface area (TPSA) is 65.1 Å². The van der Waals surface area contributed by atoms with Crippen LogP contribution in [0.25, 0.3) is 0 Å². The molecular formula is C21H23NO5. The molecule has 1 aliphatic heterocycles. The molecule has 1 heterocycles. The summed E-state index contributed by atoms with van der Waals surface area (Å²) in [6, 6.07) is 13.0. The molecule has 6 heteroatoms. The molecule has 6 nitrogen and oxygen atoms in total. The fraction of sp³-hybridized carbons (Fsp3) is 0.333. The van der Waals surface area contributed by atoms with Gasteiger partial charge in [0.15, 0.2) is 11.5 Å². The van der Waals surface area contributed by atoms with Gasteiger partial charge in [-0.25, -0.2) is 0 Å². The Bertz CT molecular complexity index is 833. The van der Waals surface area contributed by atoms with Crippen molar-refractivity contribution in [3.8, 4) is 11.5 Å². The van der Waals surface area contributed by atoms with Crippen LogP contribution >= 0.6 is 0 Å². The van der Waals surface area contributed by atoms with E-state index in [0.717, 1.165) is 11.1 Å². The number of carbonyl (C=O) groups excluding carboxylic acids is 2. The molecule has 0 bridgehead atoms. The van der Waals surface area contributed by atoms with E-state index in [1.165, 1.54) is 0 Å². The van der Waals surface area contributed by atoms with Crippen molar-refractivity contribution in [3.05, 3.63) is 59.2 Å². The van der Waals surface area contributed by atoms with Crippen LogP contribution in [-0.4, -0.2) is 36.7 Å². The van der Waals surface area contributed by atoms with Crippen LogP contribution < -0.4 is 9.47 Å². The zero-order valence-electron chi connectivity index (χ0n) is 15.6. The molecule has 0 radical (unpaired) electrons. The van der Waals surface area contributed by atoms with Crippen LogP contribution in [0, 0.1) is 6.92 Å². The molecule has 0 fully saturated rings. The second kappa shape index (κ2) is 8.58. The van der Waals surface area contributed by atoms with Crippen LogP contribution in [0.2, 0.25) is 0 Å². The first-order valence-corrected chi connectivity index (χ1v) is 8.97. The van der Waals surface area contributed by atoms with Gasteiger partial charge in [0.25, 0.3) is 5.91 Å². The van der Waals surface area contributed by atoms with Gasteiger partial charge in [-0.15, -0.1) is 0 Å². The van der Waals surface area contributed by atoms with Crippen molar-refractivity contribution in [2.24, 2.45) is 0 Å². The highest BCUT2D eigenvalue weighted by atomic mass is 16.7. The Morgan fingerprint density at radius 3 is 2.70 bits per heavy atom. The van der Waals surface area contributed by atoms with Crippen LogP contribution in [0.3, 0.4) is 0 Å². The summed E-state index contributed by atoms with van der Waals surface area (Å²) in [5, 5.41) is 0. The normalized spacial score (nSPS) is 11.9. The SMILES string of the molecule is CCOC(=O)CCN(Cc1ccc2c(c1)OCO2)C(=O)c1cccc(C)c1. The lowest BCUT2D eigenvalue weighted by Crippen LogP contribution is -2.33. The molecule has 3 rings (SSSR count). The van der Waals surface area contributed by atoms with Gasteiger partial charge in [-0.2, -0.15) is 0 Å². The molecule has 2 aromatic rings. The number of ether oxygens (including phenoxy) is 3. The van der Waals surface area contributed by atoms with Gasteiger partial charge in [-0.05, 0) is 43.7 Å². The molecule has 0 aliphatic carbocycles. The van der Waals surface area contributed by atoms with Crippen LogP contribution in [-0.2, 0) is 16.1 Å². The predicted octanol–water partition coefficient (Wildman–Crippen LogP) is 3.32. The van der Waals surface area contributed by atoms with Crippen molar-refractivity contribution in [1.29, 1.82) is 0 Å². The van der Waals surface area contributed by atoms with Crippen molar-refractivity contribution >= 4 is 11.9 Å². The van der Waals surface area contributed by atoms with Gasteiger partial charge >= 0.3 is 5.97 Å². The molecule has 0 spiro atoms. The molecule has 2 aromatic carbocycles. The van der Waals surface area contributed by atoms with Crippen LogP contribution in [0.15, 0.2) is 42.5 Å². The molecule has 0 aromatic heterocycles. The predicted molar refractivity (Wildman–Crippen MR) is 99.7 cm³/mol. The summed E-state index contributed by atoms with van der Waals surface area (Å²) in [4.78, 5) is 26.4. The maximum atomic E-state index is 13.0. The van der Waals surface area contributed by atoms with Crippen molar-refractivity contribution in [2.45, 2.75) is 26.8 Å².